The Labute approximate surface area is 218 Å². The van der Waals surface area contributed by atoms with E-state index in [0.29, 0.717) is 30.5 Å². The number of fused-ring (bicyclic) bond motifs is 1. The second-order valence-electron chi connectivity index (χ2n) is 9.89. The van der Waals surface area contributed by atoms with E-state index in [2.05, 4.69) is 5.32 Å². The summed E-state index contributed by atoms with van der Waals surface area (Å²) in [7, 11) is -2.32. The third kappa shape index (κ3) is 7.51. The monoisotopic (exact) mass is 533 g/mol. The Bertz CT molecular complexity index is 1240. The second-order valence-corrected chi connectivity index (χ2v) is 11.8. The number of rotatable bonds is 9. The lowest BCUT2D eigenvalue weighted by molar-refractivity contribution is -0.140. The standard InChI is InChI=1S/C26H35N3O7S/c1-18(25(31)27-26(2,3)4)28(16-19-8-7-9-21(14-19)34-5)24(30)17-29(37(6,32)33)20-10-11-22-23(15-20)36-13-12-35-22/h7-11,14-15,18H,12-13,16-17H2,1-6H3,(H,27,31)/t18-/m0/s1. The van der Waals surface area contributed by atoms with Gasteiger partial charge in [0.15, 0.2) is 11.5 Å². The van der Waals surface area contributed by atoms with Crippen LogP contribution in [0.3, 0.4) is 0 Å². The van der Waals surface area contributed by atoms with E-state index in [1.54, 1.807) is 44.4 Å². The normalized spacial score (nSPS) is 13.9. The number of methoxy groups -OCH3 is 1. The smallest absolute Gasteiger partial charge is 0.244 e. The number of anilines is 1. The number of ether oxygens (including phenoxy) is 3. The van der Waals surface area contributed by atoms with Crippen molar-refractivity contribution in [3.05, 3.63) is 48.0 Å². The third-order valence-electron chi connectivity index (χ3n) is 5.65. The minimum Gasteiger partial charge on any atom is -0.497 e. The van der Waals surface area contributed by atoms with E-state index in [0.717, 1.165) is 16.1 Å². The highest BCUT2D eigenvalue weighted by atomic mass is 32.2. The maximum Gasteiger partial charge on any atom is 0.244 e. The Morgan fingerprint density at radius 3 is 2.38 bits per heavy atom. The second kappa shape index (κ2) is 11.3. The van der Waals surface area contributed by atoms with Crippen molar-refractivity contribution in [3.8, 4) is 17.2 Å². The van der Waals surface area contributed by atoms with Crippen LogP contribution in [0, 0.1) is 0 Å². The Morgan fingerprint density at radius 1 is 1.08 bits per heavy atom. The Kier molecular flexibility index (Phi) is 8.57. The molecule has 0 radical (unpaired) electrons. The predicted molar refractivity (Wildman–Crippen MR) is 141 cm³/mol. The fourth-order valence-electron chi connectivity index (χ4n) is 3.83. The summed E-state index contributed by atoms with van der Waals surface area (Å²) in [5, 5.41) is 2.89. The molecule has 0 aromatic heterocycles. The van der Waals surface area contributed by atoms with Crippen molar-refractivity contribution >= 4 is 27.5 Å². The van der Waals surface area contributed by atoms with Crippen LogP contribution in [-0.4, -0.2) is 69.8 Å². The molecule has 2 amide bonds. The minimum atomic E-state index is -3.86. The molecule has 0 saturated heterocycles. The fraction of sp³-hybridized carbons (Fsp3) is 0.462. The van der Waals surface area contributed by atoms with Gasteiger partial charge in [0.2, 0.25) is 21.8 Å². The number of hydrogen-bond acceptors (Lipinski definition) is 7. The van der Waals surface area contributed by atoms with Crippen LogP contribution in [-0.2, 0) is 26.2 Å². The fourth-order valence-corrected chi connectivity index (χ4v) is 4.67. The van der Waals surface area contributed by atoms with Crippen molar-refractivity contribution in [3.63, 3.8) is 0 Å². The van der Waals surface area contributed by atoms with Gasteiger partial charge in [0.25, 0.3) is 0 Å². The van der Waals surface area contributed by atoms with Crippen molar-refractivity contribution in [1.29, 1.82) is 0 Å². The molecule has 1 aliphatic rings. The van der Waals surface area contributed by atoms with E-state index in [9.17, 15) is 18.0 Å². The van der Waals surface area contributed by atoms with E-state index in [-0.39, 0.29) is 18.1 Å². The highest BCUT2D eigenvalue weighted by molar-refractivity contribution is 7.92. The average Bonchev–Trinajstić information content (AvgIpc) is 2.83. The summed E-state index contributed by atoms with van der Waals surface area (Å²) in [4.78, 5) is 28.1. The molecule has 37 heavy (non-hydrogen) atoms. The Balaban J connectivity index is 1.94. The van der Waals surface area contributed by atoms with Crippen LogP contribution in [0.15, 0.2) is 42.5 Å². The van der Waals surface area contributed by atoms with E-state index >= 15 is 0 Å². The number of carbonyl (C=O) groups is 2. The lowest BCUT2D eigenvalue weighted by atomic mass is 10.1. The van der Waals surface area contributed by atoms with E-state index in [1.165, 1.54) is 11.0 Å². The zero-order chi connectivity index (χ0) is 27.4. The van der Waals surface area contributed by atoms with Crippen LogP contribution in [0.1, 0.15) is 33.3 Å². The number of carbonyl (C=O) groups excluding carboxylic acids is 2. The Morgan fingerprint density at radius 2 is 1.76 bits per heavy atom. The number of nitrogens with zero attached hydrogens (tertiary/aromatic N) is 2. The number of nitrogens with one attached hydrogen (secondary N) is 1. The summed E-state index contributed by atoms with van der Waals surface area (Å²) >= 11 is 0. The molecule has 11 heteroatoms. The van der Waals surface area contributed by atoms with Gasteiger partial charge in [-0.05, 0) is 57.5 Å². The topological polar surface area (TPSA) is 114 Å². The summed E-state index contributed by atoms with van der Waals surface area (Å²) < 4.78 is 43.0. The quantitative estimate of drug-likeness (QED) is 0.527. The van der Waals surface area contributed by atoms with Crippen LogP contribution >= 0.6 is 0 Å². The number of sulfonamides is 1. The zero-order valence-corrected chi connectivity index (χ0v) is 22.9. The number of amides is 2. The molecular formula is C26H35N3O7S. The molecule has 2 aromatic carbocycles. The van der Waals surface area contributed by atoms with Crippen molar-refractivity contribution in [1.82, 2.24) is 10.2 Å². The molecule has 202 valence electrons. The molecule has 1 atom stereocenters. The minimum absolute atomic E-state index is 0.0769. The largest absolute Gasteiger partial charge is 0.497 e. The first-order valence-electron chi connectivity index (χ1n) is 11.9. The maximum atomic E-state index is 13.7. The van der Waals surface area contributed by atoms with Crippen LogP contribution in [0.25, 0.3) is 0 Å². The first-order chi connectivity index (χ1) is 17.3. The maximum absolute atomic E-state index is 13.7. The summed E-state index contributed by atoms with van der Waals surface area (Å²) in [6, 6.07) is 11.0. The van der Waals surface area contributed by atoms with Gasteiger partial charge in [-0.25, -0.2) is 8.42 Å². The van der Waals surface area contributed by atoms with E-state index in [4.69, 9.17) is 14.2 Å². The van der Waals surface area contributed by atoms with Crippen molar-refractivity contribution in [2.45, 2.75) is 45.8 Å². The van der Waals surface area contributed by atoms with Crippen molar-refractivity contribution in [2.24, 2.45) is 0 Å². The summed E-state index contributed by atoms with van der Waals surface area (Å²) in [5.74, 6) is 0.609. The molecule has 0 bridgehead atoms. The molecule has 10 nitrogen and oxygen atoms in total. The summed E-state index contributed by atoms with van der Waals surface area (Å²) in [6.07, 6.45) is 1.03. The van der Waals surface area contributed by atoms with Crippen molar-refractivity contribution in [2.75, 3.05) is 37.4 Å². The summed E-state index contributed by atoms with van der Waals surface area (Å²) in [6.45, 7) is 7.46. The van der Waals surface area contributed by atoms with Crippen LogP contribution in [0.2, 0.25) is 0 Å². The highest BCUT2D eigenvalue weighted by Gasteiger charge is 2.32. The molecule has 0 fully saturated rings. The molecule has 0 spiro atoms. The average molecular weight is 534 g/mol. The molecular weight excluding hydrogens is 498 g/mol. The molecule has 0 aliphatic carbocycles. The molecule has 3 rings (SSSR count). The Hall–Kier alpha value is -3.47. The van der Waals surface area contributed by atoms with Gasteiger partial charge in [-0.3, -0.25) is 13.9 Å². The van der Waals surface area contributed by atoms with E-state index < -0.39 is 34.1 Å². The van der Waals surface area contributed by atoms with Gasteiger partial charge in [-0.15, -0.1) is 0 Å². The third-order valence-corrected chi connectivity index (χ3v) is 6.79. The van der Waals surface area contributed by atoms with Gasteiger partial charge >= 0.3 is 0 Å². The lowest BCUT2D eigenvalue weighted by Crippen LogP contribution is -2.54. The molecule has 0 saturated carbocycles. The molecule has 2 aromatic rings. The van der Waals surface area contributed by atoms with Crippen LogP contribution < -0.4 is 23.8 Å². The van der Waals surface area contributed by atoms with E-state index in [1.807, 2.05) is 26.8 Å². The van der Waals surface area contributed by atoms with Gasteiger partial charge in [0.1, 0.15) is 31.5 Å². The molecule has 0 unspecified atom stereocenters. The first kappa shape index (κ1) is 28.1. The zero-order valence-electron chi connectivity index (χ0n) is 22.1. The summed E-state index contributed by atoms with van der Waals surface area (Å²) in [5.41, 5.74) is 0.474. The molecule has 1 N–H and O–H groups in total. The van der Waals surface area contributed by atoms with Crippen LogP contribution in [0.4, 0.5) is 5.69 Å². The first-order valence-corrected chi connectivity index (χ1v) is 13.7. The number of benzene rings is 2. The number of hydrogen-bond donors (Lipinski definition) is 1. The predicted octanol–water partition coefficient (Wildman–Crippen LogP) is 2.56. The van der Waals surface area contributed by atoms with Gasteiger partial charge in [0, 0.05) is 18.2 Å². The van der Waals surface area contributed by atoms with Gasteiger partial charge in [0.05, 0.1) is 19.1 Å². The molecule has 1 aliphatic heterocycles. The SMILES string of the molecule is COc1cccc(CN(C(=O)CN(c2ccc3c(c2)OCCO3)S(C)(=O)=O)[C@@H](C)C(=O)NC(C)(C)C)c1. The lowest BCUT2D eigenvalue weighted by Gasteiger charge is -2.33. The van der Waals surface area contributed by atoms with Gasteiger partial charge < -0.3 is 24.4 Å². The van der Waals surface area contributed by atoms with Gasteiger partial charge in [-0.1, -0.05) is 12.1 Å². The van der Waals surface area contributed by atoms with Crippen molar-refractivity contribution < 1.29 is 32.2 Å². The van der Waals surface area contributed by atoms with Gasteiger partial charge in [-0.2, -0.15) is 0 Å². The van der Waals surface area contributed by atoms with Crippen LogP contribution in [0.5, 0.6) is 17.2 Å². The molecule has 1 heterocycles. The highest BCUT2D eigenvalue weighted by Crippen LogP contribution is 2.34.